The number of halogens is 1. The fourth-order valence-corrected chi connectivity index (χ4v) is 1.05. The summed E-state index contributed by atoms with van der Waals surface area (Å²) in [7, 11) is 0. The number of pyridine rings is 1. The Bertz CT molecular complexity index is 260. The molecule has 1 heterocycles. The summed E-state index contributed by atoms with van der Waals surface area (Å²) < 4.78 is 1.04. The first-order valence-corrected chi connectivity index (χ1v) is 3.90. The maximum absolute atomic E-state index is 10.7. The van der Waals surface area contributed by atoms with Crippen LogP contribution in [0.3, 0.4) is 0 Å². The number of nitrogens with zero attached hydrogens (tertiary/aromatic N) is 1. The molecule has 0 unspecified atom stereocenters. The van der Waals surface area contributed by atoms with Gasteiger partial charge in [-0.05, 0) is 34.7 Å². The SMILES string of the molecule is CC(=O)c1cc(I)ccn1. The van der Waals surface area contributed by atoms with Gasteiger partial charge in [-0.1, -0.05) is 0 Å². The minimum Gasteiger partial charge on any atom is -0.293 e. The van der Waals surface area contributed by atoms with Crippen molar-refractivity contribution in [3.8, 4) is 0 Å². The Morgan fingerprint density at radius 2 is 2.40 bits per heavy atom. The number of rotatable bonds is 1. The number of carbonyl (C=O) groups is 1. The molecular weight excluding hydrogens is 241 g/mol. The van der Waals surface area contributed by atoms with E-state index < -0.39 is 0 Å². The van der Waals surface area contributed by atoms with E-state index in [0.29, 0.717) is 5.69 Å². The summed E-state index contributed by atoms with van der Waals surface area (Å²) in [6.07, 6.45) is 1.64. The largest absolute Gasteiger partial charge is 0.293 e. The minimum atomic E-state index is 0.0125. The van der Waals surface area contributed by atoms with Gasteiger partial charge in [0.2, 0.25) is 0 Å². The van der Waals surface area contributed by atoms with E-state index in [4.69, 9.17) is 0 Å². The summed E-state index contributed by atoms with van der Waals surface area (Å²) in [5.74, 6) is 0.0125. The highest BCUT2D eigenvalue weighted by Crippen LogP contribution is 2.04. The summed E-state index contributed by atoms with van der Waals surface area (Å²) in [6.45, 7) is 1.51. The van der Waals surface area contributed by atoms with Gasteiger partial charge in [-0.15, -0.1) is 0 Å². The number of hydrogen-bond acceptors (Lipinski definition) is 2. The molecule has 2 nitrogen and oxygen atoms in total. The second kappa shape index (κ2) is 3.09. The Kier molecular flexibility index (Phi) is 2.37. The molecule has 52 valence electrons. The molecule has 0 N–H and O–H groups in total. The molecule has 0 saturated heterocycles. The average molecular weight is 247 g/mol. The highest BCUT2D eigenvalue weighted by Gasteiger charge is 1.98. The van der Waals surface area contributed by atoms with Gasteiger partial charge in [-0.25, -0.2) is 0 Å². The Balaban J connectivity index is 3.07. The summed E-state index contributed by atoms with van der Waals surface area (Å²) >= 11 is 2.15. The lowest BCUT2D eigenvalue weighted by atomic mass is 10.3. The summed E-state index contributed by atoms with van der Waals surface area (Å²) in [5, 5.41) is 0. The number of ketones is 1. The molecule has 1 rings (SSSR count). The van der Waals surface area contributed by atoms with E-state index in [1.807, 2.05) is 6.07 Å². The molecule has 1 aromatic heterocycles. The van der Waals surface area contributed by atoms with E-state index >= 15 is 0 Å². The van der Waals surface area contributed by atoms with Gasteiger partial charge < -0.3 is 0 Å². The molecule has 0 fully saturated rings. The molecule has 1 aromatic rings. The third-order valence-corrected chi connectivity index (χ3v) is 1.75. The average Bonchev–Trinajstić information content (AvgIpc) is 1.88. The van der Waals surface area contributed by atoms with Crippen LogP contribution in [0.25, 0.3) is 0 Å². The van der Waals surface area contributed by atoms with Gasteiger partial charge in [0.25, 0.3) is 0 Å². The van der Waals surface area contributed by atoms with Gasteiger partial charge >= 0.3 is 0 Å². The monoisotopic (exact) mass is 247 g/mol. The second-order valence-electron chi connectivity index (χ2n) is 1.92. The number of carbonyl (C=O) groups excluding carboxylic acids is 1. The van der Waals surface area contributed by atoms with Crippen molar-refractivity contribution in [1.29, 1.82) is 0 Å². The van der Waals surface area contributed by atoms with Crippen LogP contribution in [0.1, 0.15) is 17.4 Å². The molecule has 0 aliphatic carbocycles. The zero-order chi connectivity index (χ0) is 7.56. The van der Waals surface area contributed by atoms with Crippen LogP contribution in [0.4, 0.5) is 0 Å². The van der Waals surface area contributed by atoms with Crippen LogP contribution in [-0.4, -0.2) is 10.8 Å². The van der Waals surface area contributed by atoms with Crippen molar-refractivity contribution in [3.05, 3.63) is 27.6 Å². The predicted octanol–water partition coefficient (Wildman–Crippen LogP) is 1.89. The van der Waals surface area contributed by atoms with Crippen molar-refractivity contribution in [3.63, 3.8) is 0 Å². The zero-order valence-electron chi connectivity index (χ0n) is 5.47. The standard InChI is InChI=1S/C7H6INO/c1-5(10)7-4-6(8)2-3-9-7/h2-4H,1H3. The van der Waals surface area contributed by atoms with Crippen LogP contribution in [0.15, 0.2) is 18.3 Å². The minimum absolute atomic E-state index is 0.0125. The van der Waals surface area contributed by atoms with E-state index in [9.17, 15) is 4.79 Å². The first-order valence-electron chi connectivity index (χ1n) is 2.82. The van der Waals surface area contributed by atoms with E-state index in [-0.39, 0.29) is 5.78 Å². The van der Waals surface area contributed by atoms with Crippen LogP contribution < -0.4 is 0 Å². The molecule has 0 aromatic carbocycles. The lowest BCUT2D eigenvalue weighted by Gasteiger charge is -1.92. The first-order chi connectivity index (χ1) is 4.70. The van der Waals surface area contributed by atoms with Crippen molar-refractivity contribution in [2.45, 2.75) is 6.92 Å². The van der Waals surface area contributed by atoms with Gasteiger partial charge in [0.1, 0.15) is 5.69 Å². The third-order valence-electron chi connectivity index (χ3n) is 1.08. The van der Waals surface area contributed by atoms with Gasteiger partial charge in [-0.3, -0.25) is 9.78 Å². The van der Waals surface area contributed by atoms with Crippen molar-refractivity contribution in [1.82, 2.24) is 4.98 Å². The molecule has 0 radical (unpaired) electrons. The Morgan fingerprint density at radius 1 is 1.70 bits per heavy atom. The summed E-state index contributed by atoms with van der Waals surface area (Å²) in [4.78, 5) is 14.6. The quantitative estimate of drug-likeness (QED) is 0.560. The van der Waals surface area contributed by atoms with Crippen molar-refractivity contribution >= 4 is 28.4 Å². The maximum Gasteiger partial charge on any atom is 0.178 e. The maximum atomic E-state index is 10.7. The Hall–Kier alpha value is -0.450. The zero-order valence-corrected chi connectivity index (χ0v) is 7.62. The van der Waals surface area contributed by atoms with Gasteiger partial charge in [0, 0.05) is 16.7 Å². The van der Waals surface area contributed by atoms with Gasteiger partial charge in [-0.2, -0.15) is 0 Å². The molecule has 0 saturated carbocycles. The molecule has 0 bridgehead atoms. The fourth-order valence-electron chi connectivity index (χ4n) is 0.597. The molecule has 10 heavy (non-hydrogen) atoms. The highest BCUT2D eigenvalue weighted by atomic mass is 127. The van der Waals surface area contributed by atoms with Gasteiger partial charge in [0.05, 0.1) is 0 Å². The molecule has 0 atom stereocenters. The second-order valence-corrected chi connectivity index (χ2v) is 3.16. The van der Waals surface area contributed by atoms with Gasteiger partial charge in [0.15, 0.2) is 5.78 Å². The van der Waals surface area contributed by atoms with Crippen LogP contribution >= 0.6 is 22.6 Å². The molecule has 0 amide bonds. The highest BCUT2D eigenvalue weighted by molar-refractivity contribution is 14.1. The fraction of sp³-hybridized carbons (Fsp3) is 0.143. The lowest BCUT2D eigenvalue weighted by Crippen LogP contribution is -1.95. The molecule has 0 spiro atoms. The summed E-state index contributed by atoms with van der Waals surface area (Å²) in [5.41, 5.74) is 0.534. The first kappa shape index (κ1) is 7.65. The van der Waals surface area contributed by atoms with Crippen LogP contribution in [0.5, 0.6) is 0 Å². The number of Topliss-reactive ketones (excluding diaryl/α,β-unsaturated/α-hetero) is 1. The molecule has 3 heteroatoms. The third kappa shape index (κ3) is 1.76. The molecule has 0 aliphatic heterocycles. The molecule has 0 aliphatic rings. The van der Waals surface area contributed by atoms with Crippen LogP contribution in [0, 0.1) is 3.57 Å². The van der Waals surface area contributed by atoms with E-state index in [1.54, 1.807) is 12.3 Å². The van der Waals surface area contributed by atoms with E-state index in [0.717, 1.165) is 3.57 Å². The lowest BCUT2D eigenvalue weighted by molar-refractivity contribution is 0.101. The number of hydrogen-bond donors (Lipinski definition) is 0. The number of aromatic nitrogens is 1. The normalized spacial score (nSPS) is 9.40. The topological polar surface area (TPSA) is 30.0 Å². The van der Waals surface area contributed by atoms with Crippen molar-refractivity contribution in [2.24, 2.45) is 0 Å². The predicted molar refractivity (Wildman–Crippen MR) is 47.0 cm³/mol. The van der Waals surface area contributed by atoms with Crippen LogP contribution in [-0.2, 0) is 0 Å². The molecular formula is C7H6INO. The van der Waals surface area contributed by atoms with E-state index in [1.165, 1.54) is 6.92 Å². The smallest absolute Gasteiger partial charge is 0.178 e. The van der Waals surface area contributed by atoms with Crippen molar-refractivity contribution in [2.75, 3.05) is 0 Å². The van der Waals surface area contributed by atoms with Crippen molar-refractivity contribution < 1.29 is 4.79 Å². The van der Waals surface area contributed by atoms with E-state index in [2.05, 4.69) is 27.6 Å². The van der Waals surface area contributed by atoms with Crippen LogP contribution in [0.2, 0.25) is 0 Å². The Morgan fingerprint density at radius 3 is 2.80 bits per heavy atom. The Labute approximate surface area is 72.8 Å². The summed E-state index contributed by atoms with van der Waals surface area (Å²) in [6, 6.07) is 3.62.